The SMILES string of the molecule is CNCCN(C)S(=O)(=O)c1ccccc1Br.Cl. The average molecular weight is 344 g/mol. The summed E-state index contributed by atoms with van der Waals surface area (Å²) in [6, 6.07) is 6.81. The summed E-state index contributed by atoms with van der Waals surface area (Å²) in [5, 5.41) is 2.92. The molecule has 0 aliphatic heterocycles. The molecule has 1 N–H and O–H groups in total. The number of benzene rings is 1. The number of nitrogens with one attached hydrogen (secondary N) is 1. The number of nitrogens with zero attached hydrogens (tertiary/aromatic N) is 1. The lowest BCUT2D eigenvalue weighted by molar-refractivity contribution is 0.465. The van der Waals surface area contributed by atoms with Crippen molar-refractivity contribution in [1.82, 2.24) is 9.62 Å². The summed E-state index contributed by atoms with van der Waals surface area (Å²) in [5.41, 5.74) is 0. The van der Waals surface area contributed by atoms with Crippen molar-refractivity contribution in [2.75, 3.05) is 27.2 Å². The zero-order chi connectivity index (χ0) is 12.2. The summed E-state index contributed by atoms with van der Waals surface area (Å²) in [7, 11) is -0.0294. The van der Waals surface area contributed by atoms with E-state index in [4.69, 9.17) is 0 Å². The summed E-state index contributed by atoms with van der Waals surface area (Å²) in [5.74, 6) is 0. The van der Waals surface area contributed by atoms with E-state index in [1.54, 1.807) is 38.4 Å². The van der Waals surface area contributed by atoms with Gasteiger partial charge in [-0.15, -0.1) is 12.4 Å². The topological polar surface area (TPSA) is 49.4 Å². The Labute approximate surface area is 117 Å². The third kappa shape index (κ3) is 4.22. The van der Waals surface area contributed by atoms with E-state index in [0.717, 1.165) is 0 Å². The minimum atomic E-state index is -3.40. The van der Waals surface area contributed by atoms with Gasteiger partial charge in [0.15, 0.2) is 0 Å². The smallest absolute Gasteiger partial charge is 0.243 e. The fourth-order valence-corrected chi connectivity index (χ4v) is 3.34. The molecule has 17 heavy (non-hydrogen) atoms. The molecule has 1 aromatic carbocycles. The second kappa shape index (κ2) is 7.33. The molecule has 0 saturated heterocycles. The van der Waals surface area contributed by atoms with Crippen LogP contribution < -0.4 is 5.32 Å². The molecule has 98 valence electrons. The average Bonchev–Trinajstić information content (AvgIpc) is 2.26. The lowest BCUT2D eigenvalue weighted by Gasteiger charge is -2.17. The number of halogens is 2. The fourth-order valence-electron chi connectivity index (χ4n) is 1.21. The van der Waals surface area contributed by atoms with Gasteiger partial charge in [0.2, 0.25) is 10.0 Å². The van der Waals surface area contributed by atoms with Crippen LogP contribution in [0.2, 0.25) is 0 Å². The van der Waals surface area contributed by atoms with Crippen molar-refractivity contribution < 1.29 is 8.42 Å². The molecule has 1 aromatic rings. The maximum atomic E-state index is 12.1. The maximum absolute atomic E-state index is 12.1. The fraction of sp³-hybridized carbons (Fsp3) is 0.400. The first kappa shape index (κ1) is 16.9. The van der Waals surface area contributed by atoms with Crippen molar-refractivity contribution in [2.24, 2.45) is 0 Å². The lowest BCUT2D eigenvalue weighted by Crippen LogP contribution is -2.33. The molecule has 0 fully saturated rings. The molecular formula is C10H16BrClN2O2S. The van der Waals surface area contributed by atoms with Gasteiger partial charge in [0.1, 0.15) is 0 Å². The third-order valence-electron chi connectivity index (χ3n) is 2.20. The van der Waals surface area contributed by atoms with E-state index < -0.39 is 10.0 Å². The number of sulfonamides is 1. The number of likely N-dealkylation sites (N-methyl/N-ethyl adjacent to an activating group) is 2. The Kier molecular flexibility index (Phi) is 7.27. The van der Waals surface area contributed by atoms with Crippen LogP contribution in [-0.4, -0.2) is 39.9 Å². The van der Waals surface area contributed by atoms with Gasteiger partial charge in [0, 0.05) is 24.6 Å². The molecule has 0 amide bonds. The van der Waals surface area contributed by atoms with Gasteiger partial charge in [-0.3, -0.25) is 0 Å². The third-order valence-corrected chi connectivity index (χ3v) is 5.07. The summed E-state index contributed by atoms with van der Waals surface area (Å²) < 4.78 is 26.2. The Balaban J connectivity index is 0.00000256. The molecule has 0 saturated carbocycles. The number of hydrogen-bond acceptors (Lipinski definition) is 3. The van der Waals surface area contributed by atoms with Crippen LogP contribution in [0.25, 0.3) is 0 Å². The van der Waals surface area contributed by atoms with Crippen LogP contribution in [0.5, 0.6) is 0 Å². The highest BCUT2D eigenvalue weighted by Crippen LogP contribution is 2.23. The molecule has 7 heteroatoms. The first-order valence-electron chi connectivity index (χ1n) is 4.85. The van der Waals surface area contributed by atoms with Gasteiger partial charge < -0.3 is 5.32 Å². The predicted octanol–water partition coefficient (Wildman–Crippen LogP) is 1.71. The zero-order valence-electron chi connectivity index (χ0n) is 9.68. The van der Waals surface area contributed by atoms with Gasteiger partial charge in [0.05, 0.1) is 4.90 Å². The molecule has 0 heterocycles. The molecule has 0 aliphatic carbocycles. The van der Waals surface area contributed by atoms with Crippen LogP contribution in [0.1, 0.15) is 0 Å². The maximum Gasteiger partial charge on any atom is 0.243 e. The molecular weight excluding hydrogens is 328 g/mol. The molecule has 0 aliphatic rings. The zero-order valence-corrected chi connectivity index (χ0v) is 12.9. The molecule has 0 atom stereocenters. The Bertz CT molecular complexity index is 453. The van der Waals surface area contributed by atoms with E-state index in [1.807, 2.05) is 0 Å². The van der Waals surface area contributed by atoms with Crippen LogP contribution in [0, 0.1) is 0 Å². The predicted molar refractivity (Wildman–Crippen MR) is 75.1 cm³/mol. The van der Waals surface area contributed by atoms with Crippen LogP contribution >= 0.6 is 28.3 Å². The molecule has 4 nitrogen and oxygen atoms in total. The molecule has 1 rings (SSSR count). The second-order valence-corrected chi connectivity index (χ2v) is 6.23. The highest BCUT2D eigenvalue weighted by molar-refractivity contribution is 9.10. The van der Waals surface area contributed by atoms with Gasteiger partial charge in [-0.1, -0.05) is 12.1 Å². The van der Waals surface area contributed by atoms with E-state index in [2.05, 4.69) is 21.2 Å². The first-order chi connectivity index (χ1) is 7.50. The summed E-state index contributed by atoms with van der Waals surface area (Å²) in [6.07, 6.45) is 0. The van der Waals surface area contributed by atoms with Gasteiger partial charge in [-0.2, -0.15) is 4.31 Å². The molecule has 0 unspecified atom stereocenters. The van der Waals surface area contributed by atoms with Crippen LogP contribution in [-0.2, 0) is 10.0 Å². The highest BCUT2D eigenvalue weighted by atomic mass is 79.9. The molecule has 0 spiro atoms. The van der Waals surface area contributed by atoms with E-state index in [0.29, 0.717) is 22.5 Å². The van der Waals surface area contributed by atoms with E-state index in [9.17, 15) is 8.42 Å². The van der Waals surface area contributed by atoms with Crippen LogP contribution in [0.4, 0.5) is 0 Å². The van der Waals surface area contributed by atoms with Crippen molar-refractivity contribution in [1.29, 1.82) is 0 Å². The number of rotatable bonds is 5. The summed E-state index contributed by atoms with van der Waals surface area (Å²) >= 11 is 3.25. The van der Waals surface area contributed by atoms with E-state index in [-0.39, 0.29) is 12.4 Å². The largest absolute Gasteiger partial charge is 0.318 e. The lowest BCUT2D eigenvalue weighted by atomic mass is 10.4. The highest BCUT2D eigenvalue weighted by Gasteiger charge is 2.22. The van der Waals surface area contributed by atoms with Crippen molar-refractivity contribution in [3.63, 3.8) is 0 Å². The summed E-state index contributed by atoms with van der Waals surface area (Å²) in [4.78, 5) is 0.300. The van der Waals surface area contributed by atoms with Crippen molar-refractivity contribution in [3.8, 4) is 0 Å². The van der Waals surface area contributed by atoms with Crippen molar-refractivity contribution in [2.45, 2.75) is 4.90 Å². The summed E-state index contributed by atoms with van der Waals surface area (Å²) in [6.45, 7) is 1.07. The monoisotopic (exact) mass is 342 g/mol. The van der Waals surface area contributed by atoms with E-state index in [1.165, 1.54) is 4.31 Å². The minimum absolute atomic E-state index is 0. The Morgan fingerprint density at radius 2 is 1.94 bits per heavy atom. The molecule has 0 aromatic heterocycles. The molecule has 0 radical (unpaired) electrons. The number of hydrogen-bond donors (Lipinski definition) is 1. The van der Waals surface area contributed by atoms with Crippen LogP contribution in [0.3, 0.4) is 0 Å². The van der Waals surface area contributed by atoms with Crippen LogP contribution in [0.15, 0.2) is 33.6 Å². The Morgan fingerprint density at radius 1 is 1.35 bits per heavy atom. The Morgan fingerprint density at radius 3 is 2.47 bits per heavy atom. The minimum Gasteiger partial charge on any atom is -0.318 e. The van der Waals surface area contributed by atoms with Gasteiger partial charge in [-0.05, 0) is 35.1 Å². The standard InChI is InChI=1S/C10H15BrN2O2S.ClH/c1-12-7-8-13(2)16(14,15)10-6-4-3-5-9(10)11;/h3-6,12H,7-8H2,1-2H3;1H. The van der Waals surface area contributed by atoms with Gasteiger partial charge in [-0.25, -0.2) is 8.42 Å². The Hall–Kier alpha value is -0.140. The van der Waals surface area contributed by atoms with Crippen molar-refractivity contribution >= 4 is 38.4 Å². The first-order valence-corrected chi connectivity index (χ1v) is 7.09. The normalized spacial score (nSPS) is 11.3. The van der Waals surface area contributed by atoms with Gasteiger partial charge in [0.25, 0.3) is 0 Å². The van der Waals surface area contributed by atoms with E-state index >= 15 is 0 Å². The van der Waals surface area contributed by atoms with Crippen molar-refractivity contribution in [3.05, 3.63) is 28.7 Å². The van der Waals surface area contributed by atoms with Gasteiger partial charge >= 0.3 is 0 Å². The quantitative estimate of drug-likeness (QED) is 0.885. The second-order valence-electron chi connectivity index (χ2n) is 3.36. The molecule has 0 bridgehead atoms.